The highest BCUT2D eigenvalue weighted by Crippen LogP contribution is 2.18. The Bertz CT molecular complexity index is 431. The molecular weight excluding hydrogens is 260 g/mol. The number of amides is 1. The highest BCUT2D eigenvalue weighted by atomic mass is 32.1. The number of carbonyl (C=O) groups excluding carboxylic acids is 2. The summed E-state index contributed by atoms with van der Waals surface area (Å²) in [4.78, 5) is 26.5. The van der Waals surface area contributed by atoms with E-state index in [9.17, 15) is 9.59 Å². The van der Waals surface area contributed by atoms with Crippen molar-refractivity contribution in [1.82, 2.24) is 10.2 Å². The van der Waals surface area contributed by atoms with Crippen LogP contribution in [0, 0.1) is 5.92 Å². The lowest BCUT2D eigenvalue weighted by atomic mass is 10.1. The van der Waals surface area contributed by atoms with Crippen LogP contribution in [0.2, 0.25) is 0 Å². The molecule has 0 radical (unpaired) electrons. The van der Waals surface area contributed by atoms with Gasteiger partial charge in [0.05, 0.1) is 4.88 Å². The number of Topliss-reactive ketones (excluding diaryl/α,β-unsaturated/α-hetero) is 1. The van der Waals surface area contributed by atoms with Crippen LogP contribution in [0.4, 0.5) is 0 Å². The van der Waals surface area contributed by atoms with Gasteiger partial charge in [0.15, 0.2) is 5.78 Å². The molecule has 1 fully saturated rings. The Morgan fingerprint density at radius 3 is 3.00 bits per heavy atom. The van der Waals surface area contributed by atoms with Crippen molar-refractivity contribution in [2.75, 3.05) is 26.7 Å². The Labute approximate surface area is 117 Å². The minimum absolute atomic E-state index is 0.0781. The van der Waals surface area contributed by atoms with Gasteiger partial charge in [-0.05, 0) is 37.4 Å². The van der Waals surface area contributed by atoms with Crippen LogP contribution in [-0.4, -0.2) is 43.3 Å². The lowest BCUT2D eigenvalue weighted by molar-refractivity contribution is -0.130. The van der Waals surface area contributed by atoms with Crippen LogP contribution in [0.25, 0.3) is 0 Å². The van der Waals surface area contributed by atoms with Gasteiger partial charge in [-0.1, -0.05) is 6.07 Å². The highest BCUT2D eigenvalue weighted by Gasteiger charge is 2.25. The number of hydrogen-bond donors (Lipinski definition) is 1. The first kappa shape index (κ1) is 14.2. The van der Waals surface area contributed by atoms with E-state index in [-0.39, 0.29) is 11.7 Å². The minimum Gasteiger partial charge on any atom is -0.342 e. The van der Waals surface area contributed by atoms with Gasteiger partial charge >= 0.3 is 0 Å². The van der Waals surface area contributed by atoms with Gasteiger partial charge in [0, 0.05) is 25.9 Å². The molecular formula is C14H20N2O2S. The fraction of sp³-hybridized carbons (Fsp3) is 0.571. The van der Waals surface area contributed by atoms with Gasteiger partial charge in [-0.3, -0.25) is 9.59 Å². The number of nitrogens with one attached hydrogen (secondary N) is 1. The number of likely N-dealkylation sites (tertiary alicyclic amines) is 1. The molecule has 2 rings (SSSR count). The molecule has 4 nitrogen and oxygen atoms in total. The fourth-order valence-electron chi connectivity index (χ4n) is 2.45. The monoisotopic (exact) mass is 280 g/mol. The number of ketones is 1. The van der Waals surface area contributed by atoms with E-state index in [1.165, 1.54) is 11.3 Å². The molecule has 1 N–H and O–H groups in total. The third-order valence-electron chi connectivity index (χ3n) is 3.49. The number of hydrogen-bond acceptors (Lipinski definition) is 4. The third-order valence-corrected chi connectivity index (χ3v) is 4.40. The molecule has 0 aromatic carbocycles. The summed E-state index contributed by atoms with van der Waals surface area (Å²) in [5, 5.41) is 5.03. The fourth-order valence-corrected chi connectivity index (χ4v) is 3.15. The summed E-state index contributed by atoms with van der Waals surface area (Å²) in [5.74, 6) is 0.750. The van der Waals surface area contributed by atoms with Crippen molar-refractivity contribution in [3.63, 3.8) is 0 Å². The summed E-state index contributed by atoms with van der Waals surface area (Å²) in [7, 11) is 1.93. The Balaban J connectivity index is 1.75. The minimum atomic E-state index is 0.0781. The molecule has 1 atom stereocenters. The molecule has 0 saturated carbocycles. The molecule has 1 aromatic heterocycles. The molecule has 1 aromatic rings. The molecule has 0 bridgehead atoms. The highest BCUT2D eigenvalue weighted by molar-refractivity contribution is 7.12. The standard InChI is InChI=1S/C14H20N2O2S/c1-15-9-11-6-7-16(10-11)14(18)5-4-12(17)13-3-2-8-19-13/h2-3,8,11,15H,4-7,9-10H2,1H3. The smallest absolute Gasteiger partial charge is 0.223 e. The van der Waals surface area contributed by atoms with E-state index in [2.05, 4.69) is 5.32 Å². The van der Waals surface area contributed by atoms with E-state index in [0.717, 1.165) is 30.9 Å². The number of thiophene rings is 1. The molecule has 19 heavy (non-hydrogen) atoms. The molecule has 1 unspecified atom stereocenters. The Kier molecular flexibility index (Phi) is 5.10. The first-order valence-electron chi connectivity index (χ1n) is 6.69. The van der Waals surface area contributed by atoms with Crippen LogP contribution in [-0.2, 0) is 4.79 Å². The van der Waals surface area contributed by atoms with E-state index in [1.807, 2.05) is 29.5 Å². The number of nitrogens with zero attached hydrogens (tertiary/aromatic N) is 1. The summed E-state index contributed by atoms with van der Waals surface area (Å²) in [6, 6.07) is 3.68. The molecule has 1 amide bonds. The molecule has 2 heterocycles. The van der Waals surface area contributed by atoms with Crippen LogP contribution < -0.4 is 5.32 Å². The zero-order chi connectivity index (χ0) is 13.7. The van der Waals surface area contributed by atoms with E-state index in [0.29, 0.717) is 18.8 Å². The van der Waals surface area contributed by atoms with Crippen LogP contribution in [0.15, 0.2) is 17.5 Å². The van der Waals surface area contributed by atoms with Gasteiger partial charge in [-0.15, -0.1) is 11.3 Å². The van der Waals surface area contributed by atoms with Crippen molar-refractivity contribution in [1.29, 1.82) is 0 Å². The lowest BCUT2D eigenvalue weighted by Crippen LogP contribution is -2.30. The summed E-state index contributed by atoms with van der Waals surface area (Å²) >= 11 is 1.44. The zero-order valence-corrected chi connectivity index (χ0v) is 12.0. The second-order valence-corrected chi connectivity index (χ2v) is 5.90. The quantitative estimate of drug-likeness (QED) is 0.808. The van der Waals surface area contributed by atoms with Crippen molar-refractivity contribution in [3.05, 3.63) is 22.4 Å². The largest absolute Gasteiger partial charge is 0.342 e. The SMILES string of the molecule is CNCC1CCN(C(=O)CCC(=O)c2cccs2)C1. The van der Waals surface area contributed by atoms with Crippen molar-refractivity contribution in [2.45, 2.75) is 19.3 Å². The van der Waals surface area contributed by atoms with Gasteiger partial charge < -0.3 is 10.2 Å². The van der Waals surface area contributed by atoms with Crippen molar-refractivity contribution < 1.29 is 9.59 Å². The Hall–Kier alpha value is -1.20. The predicted molar refractivity (Wildman–Crippen MR) is 76.5 cm³/mol. The van der Waals surface area contributed by atoms with Crippen molar-refractivity contribution >= 4 is 23.0 Å². The molecule has 1 aliphatic rings. The first-order chi connectivity index (χ1) is 9.20. The first-order valence-corrected chi connectivity index (χ1v) is 7.57. The molecule has 5 heteroatoms. The summed E-state index contributed by atoms with van der Waals surface area (Å²) in [5.41, 5.74) is 0. The normalized spacial score (nSPS) is 18.8. The van der Waals surface area contributed by atoms with E-state index in [1.54, 1.807) is 0 Å². The van der Waals surface area contributed by atoms with Crippen LogP contribution in [0.3, 0.4) is 0 Å². The van der Waals surface area contributed by atoms with E-state index < -0.39 is 0 Å². The van der Waals surface area contributed by atoms with Crippen molar-refractivity contribution in [3.8, 4) is 0 Å². The zero-order valence-electron chi connectivity index (χ0n) is 11.2. The second-order valence-electron chi connectivity index (χ2n) is 4.95. The van der Waals surface area contributed by atoms with Gasteiger partial charge in [-0.25, -0.2) is 0 Å². The molecule has 104 valence electrons. The van der Waals surface area contributed by atoms with E-state index in [4.69, 9.17) is 0 Å². The average molecular weight is 280 g/mol. The topological polar surface area (TPSA) is 49.4 Å². The summed E-state index contributed by atoms with van der Waals surface area (Å²) < 4.78 is 0. The third kappa shape index (κ3) is 3.88. The van der Waals surface area contributed by atoms with Crippen LogP contribution >= 0.6 is 11.3 Å². The number of carbonyl (C=O) groups is 2. The summed E-state index contributed by atoms with van der Waals surface area (Å²) in [6.45, 7) is 2.61. The average Bonchev–Trinajstić information content (AvgIpc) is 3.06. The van der Waals surface area contributed by atoms with Gasteiger partial charge in [0.1, 0.15) is 0 Å². The summed E-state index contributed by atoms with van der Waals surface area (Å²) in [6.07, 6.45) is 1.72. The van der Waals surface area contributed by atoms with Gasteiger partial charge in [0.25, 0.3) is 0 Å². The predicted octanol–water partition coefficient (Wildman–Crippen LogP) is 1.78. The molecule has 1 aliphatic heterocycles. The maximum Gasteiger partial charge on any atom is 0.223 e. The van der Waals surface area contributed by atoms with Crippen LogP contribution in [0.5, 0.6) is 0 Å². The second kappa shape index (κ2) is 6.82. The molecule has 1 saturated heterocycles. The Morgan fingerprint density at radius 1 is 1.47 bits per heavy atom. The maximum absolute atomic E-state index is 12.0. The Morgan fingerprint density at radius 2 is 2.32 bits per heavy atom. The van der Waals surface area contributed by atoms with Gasteiger partial charge in [-0.2, -0.15) is 0 Å². The molecule has 0 spiro atoms. The van der Waals surface area contributed by atoms with E-state index >= 15 is 0 Å². The van der Waals surface area contributed by atoms with Gasteiger partial charge in [0.2, 0.25) is 5.91 Å². The number of rotatable bonds is 6. The van der Waals surface area contributed by atoms with Crippen molar-refractivity contribution in [2.24, 2.45) is 5.92 Å². The maximum atomic E-state index is 12.0. The van der Waals surface area contributed by atoms with Crippen LogP contribution in [0.1, 0.15) is 28.9 Å². The lowest BCUT2D eigenvalue weighted by Gasteiger charge is -2.16. The molecule has 0 aliphatic carbocycles.